The van der Waals surface area contributed by atoms with E-state index in [-0.39, 0.29) is 17.9 Å². The van der Waals surface area contributed by atoms with E-state index in [0.29, 0.717) is 19.4 Å². The SMILES string of the molecule is O=C(NC1CCCCCC1)C1(C(=O)N2CCc3ccccc3C2)CC1. The van der Waals surface area contributed by atoms with Gasteiger partial charge in [-0.25, -0.2) is 0 Å². The van der Waals surface area contributed by atoms with Gasteiger partial charge in [0.15, 0.2) is 0 Å². The van der Waals surface area contributed by atoms with Gasteiger partial charge in [-0.3, -0.25) is 9.59 Å². The second kappa shape index (κ2) is 6.81. The summed E-state index contributed by atoms with van der Waals surface area (Å²) in [6, 6.07) is 8.59. The van der Waals surface area contributed by atoms with Gasteiger partial charge in [0.2, 0.25) is 11.8 Å². The van der Waals surface area contributed by atoms with Gasteiger partial charge >= 0.3 is 0 Å². The number of nitrogens with one attached hydrogen (secondary N) is 1. The molecule has 4 nitrogen and oxygen atoms in total. The summed E-state index contributed by atoms with van der Waals surface area (Å²) in [6.07, 6.45) is 9.35. The van der Waals surface area contributed by atoms with E-state index in [1.807, 2.05) is 11.0 Å². The molecule has 25 heavy (non-hydrogen) atoms. The number of amides is 2. The van der Waals surface area contributed by atoms with E-state index >= 15 is 0 Å². The summed E-state index contributed by atoms with van der Waals surface area (Å²) >= 11 is 0. The minimum atomic E-state index is -0.765. The fourth-order valence-corrected chi connectivity index (χ4v) is 4.38. The lowest BCUT2D eigenvalue weighted by atomic mass is 9.96. The first kappa shape index (κ1) is 16.6. The number of carbonyl (C=O) groups excluding carboxylic acids is 2. The van der Waals surface area contributed by atoms with Gasteiger partial charge in [-0.1, -0.05) is 49.9 Å². The summed E-state index contributed by atoms with van der Waals surface area (Å²) < 4.78 is 0. The van der Waals surface area contributed by atoms with Crippen LogP contribution in [0, 0.1) is 5.41 Å². The maximum atomic E-state index is 13.1. The van der Waals surface area contributed by atoms with Gasteiger partial charge in [0.05, 0.1) is 0 Å². The Morgan fingerprint density at radius 2 is 1.68 bits per heavy atom. The predicted octanol–water partition coefficient (Wildman–Crippen LogP) is 3.19. The smallest absolute Gasteiger partial charge is 0.238 e. The molecule has 1 N–H and O–H groups in total. The highest BCUT2D eigenvalue weighted by Gasteiger charge is 2.58. The van der Waals surface area contributed by atoms with Crippen molar-refractivity contribution in [3.8, 4) is 0 Å². The number of benzene rings is 1. The molecule has 2 saturated carbocycles. The molecule has 0 unspecified atom stereocenters. The third-order valence-electron chi connectivity index (χ3n) is 6.20. The zero-order valence-electron chi connectivity index (χ0n) is 14.9. The molecular formula is C21H28N2O2. The Bertz CT molecular complexity index is 658. The lowest BCUT2D eigenvalue weighted by Gasteiger charge is -2.32. The van der Waals surface area contributed by atoms with Crippen molar-refractivity contribution in [2.75, 3.05) is 6.54 Å². The monoisotopic (exact) mass is 340 g/mol. The van der Waals surface area contributed by atoms with E-state index in [1.165, 1.54) is 36.8 Å². The molecule has 1 aliphatic heterocycles. The molecule has 0 saturated heterocycles. The maximum absolute atomic E-state index is 13.1. The molecule has 0 spiro atoms. The van der Waals surface area contributed by atoms with Gasteiger partial charge < -0.3 is 10.2 Å². The molecule has 1 aromatic rings. The quantitative estimate of drug-likeness (QED) is 0.678. The summed E-state index contributed by atoms with van der Waals surface area (Å²) in [4.78, 5) is 27.9. The average Bonchev–Trinajstić information content (AvgIpc) is 3.46. The molecule has 0 atom stereocenters. The van der Waals surface area contributed by atoms with E-state index in [0.717, 1.165) is 25.8 Å². The first-order chi connectivity index (χ1) is 12.2. The van der Waals surface area contributed by atoms with Crippen molar-refractivity contribution >= 4 is 11.8 Å². The zero-order valence-corrected chi connectivity index (χ0v) is 14.9. The molecule has 0 radical (unpaired) electrons. The Balaban J connectivity index is 1.42. The van der Waals surface area contributed by atoms with Crippen molar-refractivity contribution in [1.29, 1.82) is 0 Å². The molecule has 134 valence electrons. The van der Waals surface area contributed by atoms with Crippen molar-refractivity contribution in [3.05, 3.63) is 35.4 Å². The average molecular weight is 340 g/mol. The van der Waals surface area contributed by atoms with Crippen molar-refractivity contribution < 1.29 is 9.59 Å². The molecule has 4 rings (SSSR count). The molecule has 0 bridgehead atoms. The van der Waals surface area contributed by atoms with Crippen LogP contribution in [0.5, 0.6) is 0 Å². The lowest BCUT2D eigenvalue weighted by molar-refractivity contribution is -0.145. The Morgan fingerprint density at radius 3 is 2.36 bits per heavy atom. The largest absolute Gasteiger partial charge is 0.352 e. The fourth-order valence-electron chi connectivity index (χ4n) is 4.38. The number of hydrogen-bond acceptors (Lipinski definition) is 2. The van der Waals surface area contributed by atoms with Crippen molar-refractivity contribution in [2.45, 2.75) is 70.4 Å². The Hall–Kier alpha value is -1.84. The highest BCUT2D eigenvalue weighted by Crippen LogP contribution is 2.48. The number of rotatable bonds is 3. The first-order valence-corrected chi connectivity index (χ1v) is 9.86. The van der Waals surface area contributed by atoms with Crippen LogP contribution in [0.1, 0.15) is 62.5 Å². The van der Waals surface area contributed by atoms with Gasteiger partial charge in [-0.15, -0.1) is 0 Å². The third kappa shape index (κ3) is 3.31. The van der Waals surface area contributed by atoms with E-state index < -0.39 is 5.41 Å². The van der Waals surface area contributed by atoms with Gasteiger partial charge in [-0.2, -0.15) is 0 Å². The van der Waals surface area contributed by atoms with Crippen LogP contribution in [0.4, 0.5) is 0 Å². The van der Waals surface area contributed by atoms with Crippen molar-refractivity contribution in [1.82, 2.24) is 10.2 Å². The van der Waals surface area contributed by atoms with Crippen LogP contribution in [0.3, 0.4) is 0 Å². The highest BCUT2D eigenvalue weighted by atomic mass is 16.2. The maximum Gasteiger partial charge on any atom is 0.238 e. The summed E-state index contributed by atoms with van der Waals surface area (Å²) in [7, 11) is 0. The molecule has 4 heteroatoms. The molecule has 2 aliphatic carbocycles. The van der Waals surface area contributed by atoms with Gasteiger partial charge in [0, 0.05) is 19.1 Å². The predicted molar refractivity (Wildman–Crippen MR) is 96.9 cm³/mol. The molecule has 2 fully saturated rings. The number of carbonyl (C=O) groups is 2. The topological polar surface area (TPSA) is 49.4 Å². The van der Waals surface area contributed by atoms with Gasteiger partial charge in [0.25, 0.3) is 0 Å². The minimum Gasteiger partial charge on any atom is -0.352 e. The molecule has 1 heterocycles. The number of nitrogens with zero attached hydrogens (tertiary/aromatic N) is 1. The lowest BCUT2D eigenvalue weighted by Crippen LogP contribution is -2.49. The Kier molecular flexibility index (Phi) is 4.53. The number of fused-ring (bicyclic) bond motifs is 1. The van der Waals surface area contributed by atoms with Crippen LogP contribution in [0.25, 0.3) is 0 Å². The summed E-state index contributed by atoms with van der Waals surface area (Å²) in [5.41, 5.74) is 1.79. The second-order valence-corrected chi connectivity index (χ2v) is 7.99. The number of hydrogen-bond donors (Lipinski definition) is 1. The van der Waals surface area contributed by atoms with Crippen LogP contribution < -0.4 is 5.32 Å². The van der Waals surface area contributed by atoms with E-state index in [2.05, 4.69) is 23.5 Å². The molecule has 1 aromatic carbocycles. The highest BCUT2D eigenvalue weighted by molar-refractivity contribution is 6.08. The molecule has 3 aliphatic rings. The van der Waals surface area contributed by atoms with Crippen LogP contribution in [-0.2, 0) is 22.6 Å². The van der Waals surface area contributed by atoms with E-state index in [4.69, 9.17) is 0 Å². The van der Waals surface area contributed by atoms with Crippen LogP contribution in [0.15, 0.2) is 24.3 Å². The first-order valence-electron chi connectivity index (χ1n) is 9.86. The van der Waals surface area contributed by atoms with Crippen LogP contribution >= 0.6 is 0 Å². The zero-order chi connectivity index (χ0) is 17.3. The van der Waals surface area contributed by atoms with Crippen LogP contribution in [-0.4, -0.2) is 29.3 Å². The Labute approximate surface area is 150 Å². The van der Waals surface area contributed by atoms with Gasteiger partial charge in [0.1, 0.15) is 5.41 Å². The molecule has 2 amide bonds. The van der Waals surface area contributed by atoms with Crippen LogP contribution in [0.2, 0.25) is 0 Å². The summed E-state index contributed by atoms with van der Waals surface area (Å²) in [6.45, 7) is 1.38. The van der Waals surface area contributed by atoms with E-state index in [9.17, 15) is 9.59 Å². The molecular weight excluding hydrogens is 312 g/mol. The summed E-state index contributed by atoms with van der Waals surface area (Å²) in [5, 5.41) is 3.21. The van der Waals surface area contributed by atoms with Crippen molar-refractivity contribution in [2.24, 2.45) is 5.41 Å². The Morgan fingerprint density at radius 1 is 1.00 bits per heavy atom. The van der Waals surface area contributed by atoms with Gasteiger partial charge in [-0.05, 0) is 43.2 Å². The normalized spacial score (nSPS) is 22.6. The second-order valence-electron chi connectivity index (χ2n) is 7.99. The molecule has 0 aromatic heterocycles. The fraction of sp³-hybridized carbons (Fsp3) is 0.619. The summed E-state index contributed by atoms with van der Waals surface area (Å²) in [5.74, 6) is 0.0383. The third-order valence-corrected chi connectivity index (χ3v) is 6.20. The van der Waals surface area contributed by atoms with E-state index in [1.54, 1.807) is 0 Å². The standard InChI is InChI=1S/C21H28N2O2/c24-19(22-18-9-3-1-2-4-10-18)21(12-13-21)20(25)23-14-11-16-7-5-6-8-17(16)15-23/h5-8,18H,1-4,9-15H2,(H,22,24). The van der Waals surface area contributed by atoms with Crippen molar-refractivity contribution in [3.63, 3.8) is 0 Å². The minimum absolute atomic E-state index is 0.0109.